The van der Waals surface area contributed by atoms with Crippen molar-refractivity contribution in [2.45, 2.75) is 44.9 Å². The van der Waals surface area contributed by atoms with Gasteiger partial charge < -0.3 is 24.4 Å². The summed E-state index contributed by atoms with van der Waals surface area (Å²) < 4.78 is 16.2. The molecule has 2 atom stereocenters. The van der Waals surface area contributed by atoms with Gasteiger partial charge in [-0.3, -0.25) is 9.59 Å². The van der Waals surface area contributed by atoms with Crippen molar-refractivity contribution in [2.75, 3.05) is 27.4 Å². The number of ether oxygens (including phenoxy) is 3. The molecule has 2 aromatic carbocycles. The first-order valence-corrected chi connectivity index (χ1v) is 11.0. The summed E-state index contributed by atoms with van der Waals surface area (Å²) in [6.45, 7) is 3.31. The maximum absolute atomic E-state index is 13.3. The molecule has 2 aromatic rings. The zero-order chi connectivity index (χ0) is 22.9. The SMILES string of the molecule is COc1ccc(CC(=O)N(Cc2ccccc2)[C@@H](C)C(=O)NC[C@H]2CCCO2)cc1OC. The van der Waals surface area contributed by atoms with Crippen LogP contribution >= 0.6 is 0 Å². The molecule has 1 heterocycles. The summed E-state index contributed by atoms with van der Waals surface area (Å²) in [6.07, 6.45) is 2.16. The first-order valence-electron chi connectivity index (χ1n) is 11.0. The van der Waals surface area contributed by atoms with E-state index in [1.807, 2.05) is 36.4 Å². The fourth-order valence-electron chi connectivity index (χ4n) is 3.80. The minimum atomic E-state index is -0.621. The number of amides is 2. The van der Waals surface area contributed by atoms with Crippen molar-refractivity contribution in [3.05, 3.63) is 59.7 Å². The number of carbonyl (C=O) groups excluding carboxylic acids is 2. The number of benzene rings is 2. The largest absolute Gasteiger partial charge is 0.493 e. The van der Waals surface area contributed by atoms with E-state index in [0.29, 0.717) is 24.6 Å². The van der Waals surface area contributed by atoms with Crippen molar-refractivity contribution in [1.29, 1.82) is 0 Å². The first-order chi connectivity index (χ1) is 15.5. The summed E-state index contributed by atoms with van der Waals surface area (Å²) in [6, 6.07) is 14.5. The van der Waals surface area contributed by atoms with Crippen LogP contribution in [0.15, 0.2) is 48.5 Å². The van der Waals surface area contributed by atoms with Gasteiger partial charge in [0.1, 0.15) is 6.04 Å². The summed E-state index contributed by atoms with van der Waals surface area (Å²) in [7, 11) is 3.13. The highest BCUT2D eigenvalue weighted by Crippen LogP contribution is 2.28. The molecule has 0 saturated carbocycles. The normalized spacial score (nSPS) is 16.3. The van der Waals surface area contributed by atoms with Gasteiger partial charge in [0, 0.05) is 19.7 Å². The molecule has 0 aliphatic carbocycles. The average Bonchev–Trinajstić information content (AvgIpc) is 3.34. The summed E-state index contributed by atoms with van der Waals surface area (Å²) in [5, 5.41) is 2.95. The van der Waals surface area contributed by atoms with Crippen LogP contribution in [0.3, 0.4) is 0 Å². The number of hydrogen-bond donors (Lipinski definition) is 1. The lowest BCUT2D eigenvalue weighted by Gasteiger charge is -2.29. The molecule has 0 spiro atoms. The molecule has 1 saturated heterocycles. The molecular weight excluding hydrogens is 408 g/mol. The fraction of sp³-hybridized carbons (Fsp3) is 0.440. The van der Waals surface area contributed by atoms with Crippen LogP contribution in [0.5, 0.6) is 11.5 Å². The number of hydrogen-bond acceptors (Lipinski definition) is 5. The quantitative estimate of drug-likeness (QED) is 0.615. The van der Waals surface area contributed by atoms with Crippen molar-refractivity contribution >= 4 is 11.8 Å². The van der Waals surface area contributed by atoms with Gasteiger partial charge in [-0.1, -0.05) is 36.4 Å². The minimum Gasteiger partial charge on any atom is -0.493 e. The highest BCUT2D eigenvalue weighted by atomic mass is 16.5. The van der Waals surface area contributed by atoms with E-state index in [1.54, 1.807) is 38.2 Å². The minimum absolute atomic E-state index is 0.0520. The zero-order valence-corrected chi connectivity index (χ0v) is 19.0. The predicted octanol–water partition coefficient (Wildman–Crippen LogP) is 2.96. The Bertz CT molecular complexity index is 896. The molecule has 0 bridgehead atoms. The molecule has 1 aliphatic heterocycles. The summed E-state index contributed by atoms with van der Waals surface area (Å²) in [4.78, 5) is 27.8. The van der Waals surface area contributed by atoms with E-state index >= 15 is 0 Å². The molecule has 1 aliphatic rings. The number of methoxy groups -OCH3 is 2. The molecule has 0 unspecified atom stereocenters. The summed E-state index contributed by atoms with van der Waals surface area (Å²) >= 11 is 0. The van der Waals surface area contributed by atoms with Gasteiger partial charge in [-0.05, 0) is 43.0 Å². The van der Waals surface area contributed by atoms with Gasteiger partial charge in [0.25, 0.3) is 0 Å². The number of rotatable bonds is 10. The average molecular weight is 441 g/mol. The Hall–Kier alpha value is -3.06. The van der Waals surface area contributed by atoms with Gasteiger partial charge >= 0.3 is 0 Å². The van der Waals surface area contributed by atoms with Crippen molar-refractivity contribution in [2.24, 2.45) is 0 Å². The second-order valence-corrected chi connectivity index (χ2v) is 7.93. The molecule has 32 heavy (non-hydrogen) atoms. The van der Waals surface area contributed by atoms with Crippen LogP contribution < -0.4 is 14.8 Å². The lowest BCUT2D eigenvalue weighted by molar-refractivity contribution is -0.140. The Morgan fingerprint density at radius 1 is 1.09 bits per heavy atom. The number of nitrogens with one attached hydrogen (secondary N) is 1. The summed E-state index contributed by atoms with van der Waals surface area (Å²) in [5.41, 5.74) is 1.75. The van der Waals surface area contributed by atoms with E-state index < -0.39 is 6.04 Å². The van der Waals surface area contributed by atoms with E-state index in [1.165, 1.54) is 0 Å². The van der Waals surface area contributed by atoms with Crippen molar-refractivity contribution in [3.8, 4) is 11.5 Å². The molecule has 7 nitrogen and oxygen atoms in total. The van der Waals surface area contributed by atoms with Crippen LogP contribution in [-0.2, 0) is 27.3 Å². The van der Waals surface area contributed by atoms with Crippen LogP contribution in [0.2, 0.25) is 0 Å². The Balaban J connectivity index is 1.73. The number of carbonyl (C=O) groups is 2. The maximum atomic E-state index is 13.3. The highest BCUT2D eigenvalue weighted by molar-refractivity contribution is 5.88. The zero-order valence-electron chi connectivity index (χ0n) is 19.0. The van der Waals surface area contributed by atoms with E-state index in [0.717, 1.165) is 30.6 Å². The van der Waals surface area contributed by atoms with Gasteiger partial charge in [0.15, 0.2) is 11.5 Å². The molecular formula is C25H32N2O5. The number of nitrogens with zero attached hydrogens (tertiary/aromatic N) is 1. The van der Waals surface area contributed by atoms with Crippen molar-refractivity contribution < 1.29 is 23.8 Å². The molecule has 0 aromatic heterocycles. The van der Waals surface area contributed by atoms with Gasteiger partial charge in [-0.2, -0.15) is 0 Å². The predicted molar refractivity (Wildman–Crippen MR) is 122 cm³/mol. The van der Waals surface area contributed by atoms with E-state index in [2.05, 4.69) is 5.32 Å². The van der Waals surface area contributed by atoms with E-state index in [9.17, 15) is 9.59 Å². The van der Waals surface area contributed by atoms with Gasteiger partial charge in [-0.15, -0.1) is 0 Å². The first kappa shape index (κ1) is 23.6. The molecule has 1 fully saturated rings. The maximum Gasteiger partial charge on any atom is 0.242 e. The molecule has 2 amide bonds. The second-order valence-electron chi connectivity index (χ2n) is 7.93. The third-order valence-electron chi connectivity index (χ3n) is 5.69. The van der Waals surface area contributed by atoms with E-state index in [4.69, 9.17) is 14.2 Å². The van der Waals surface area contributed by atoms with Crippen LogP contribution in [0.1, 0.15) is 30.9 Å². The summed E-state index contributed by atoms with van der Waals surface area (Å²) in [5.74, 6) is 0.847. The Labute approximate surface area is 189 Å². The van der Waals surface area contributed by atoms with Crippen LogP contribution in [0.4, 0.5) is 0 Å². The second kappa shape index (κ2) is 11.5. The topological polar surface area (TPSA) is 77.1 Å². The van der Waals surface area contributed by atoms with Crippen molar-refractivity contribution in [3.63, 3.8) is 0 Å². The molecule has 1 N–H and O–H groups in total. The fourth-order valence-corrected chi connectivity index (χ4v) is 3.80. The van der Waals surface area contributed by atoms with Crippen LogP contribution in [0.25, 0.3) is 0 Å². The highest BCUT2D eigenvalue weighted by Gasteiger charge is 2.27. The monoisotopic (exact) mass is 440 g/mol. The Morgan fingerprint density at radius 3 is 2.50 bits per heavy atom. The van der Waals surface area contributed by atoms with Crippen molar-refractivity contribution in [1.82, 2.24) is 10.2 Å². The van der Waals surface area contributed by atoms with Gasteiger partial charge in [-0.25, -0.2) is 0 Å². The molecule has 172 valence electrons. The van der Waals surface area contributed by atoms with Crippen LogP contribution in [-0.4, -0.2) is 56.2 Å². The Morgan fingerprint density at radius 2 is 1.84 bits per heavy atom. The standard InChI is InChI=1S/C25H32N2O5/c1-18(25(29)26-16-21-10-7-13-32-21)27(17-19-8-5-4-6-9-19)24(28)15-20-11-12-22(30-2)23(14-20)31-3/h4-6,8-9,11-12,14,18,21H,7,10,13,15-17H2,1-3H3,(H,26,29)/t18-,21+/m0/s1. The smallest absolute Gasteiger partial charge is 0.242 e. The molecule has 3 rings (SSSR count). The molecule has 7 heteroatoms. The third-order valence-corrected chi connectivity index (χ3v) is 5.69. The molecule has 0 radical (unpaired) electrons. The van der Waals surface area contributed by atoms with Gasteiger partial charge in [0.2, 0.25) is 11.8 Å². The lowest BCUT2D eigenvalue weighted by atomic mass is 10.1. The Kier molecular flexibility index (Phi) is 8.50. The third kappa shape index (κ3) is 6.23. The van der Waals surface area contributed by atoms with E-state index in [-0.39, 0.29) is 24.3 Å². The van der Waals surface area contributed by atoms with Gasteiger partial charge in [0.05, 0.1) is 26.7 Å². The lowest BCUT2D eigenvalue weighted by Crippen LogP contribution is -2.49. The van der Waals surface area contributed by atoms with Crippen LogP contribution in [0, 0.1) is 0 Å².